The third-order valence-corrected chi connectivity index (χ3v) is 6.18. The second-order valence-electron chi connectivity index (χ2n) is 8.19. The lowest BCUT2D eigenvalue weighted by Crippen LogP contribution is -2.61. The van der Waals surface area contributed by atoms with E-state index in [1.165, 1.54) is 0 Å². The molecule has 28 heavy (non-hydrogen) atoms. The predicted molar refractivity (Wildman–Crippen MR) is 109 cm³/mol. The SMILES string of the molecule is Cc1cc(C(=O)N2CC[C@](O)(c3ccccc3)[C@H](N3CCCC3)C2)cc(C)n1. The highest BCUT2D eigenvalue weighted by molar-refractivity contribution is 5.94. The number of pyridine rings is 1. The molecule has 0 radical (unpaired) electrons. The monoisotopic (exact) mass is 379 g/mol. The summed E-state index contributed by atoms with van der Waals surface area (Å²) < 4.78 is 0. The van der Waals surface area contributed by atoms with E-state index >= 15 is 0 Å². The van der Waals surface area contributed by atoms with Crippen LogP contribution in [0, 0.1) is 13.8 Å². The van der Waals surface area contributed by atoms with Crippen molar-refractivity contribution in [1.29, 1.82) is 0 Å². The molecule has 0 unspecified atom stereocenters. The van der Waals surface area contributed by atoms with Gasteiger partial charge in [-0.1, -0.05) is 30.3 Å². The summed E-state index contributed by atoms with van der Waals surface area (Å²) in [5.74, 6) is 0.0351. The van der Waals surface area contributed by atoms with E-state index in [0.29, 0.717) is 25.1 Å². The average molecular weight is 380 g/mol. The zero-order valence-electron chi connectivity index (χ0n) is 16.8. The molecule has 1 aromatic carbocycles. The first-order valence-corrected chi connectivity index (χ1v) is 10.2. The van der Waals surface area contributed by atoms with Crippen LogP contribution in [0.15, 0.2) is 42.5 Å². The normalized spacial score (nSPS) is 25.8. The van der Waals surface area contributed by atoms with Gasteiger partial charge in [-0.15, -0.1) is 0 Å². The van der Waals surface area contributed by atoms with Crippen LogP contribution in [0.1, 0.15) is 46.6 Å². The maximum Gasteiger partial charge on any atom is 0.254 e. The molecule has 5 nitrogen and oxygen atoms in total. The molecule has 2 aromatic rings. The van der Waals surface area contributed by atoms with Crippen LogP contribution in [0.5, 0.6) is 0 Å². The molecule has 1 aromatic heterocycles. The van der Waals surface area contributed by atoms with Crippen molar-refractivity contribution in [2.75, 3.05) is 26.2 Å². The molecule has 2 fully saturated rings. The van der Waals surface area contributed by atoms with E-state index < -0.39 is 5.60 Å². The zero-order chi connectivity index (χ0) is 19.7. The highest BCUT2D eigenvalue weighted by atomic mass is 16.3. The molecular formula is C23H29N3O2. The Morgan fingerprint density at radius 2 is 1.71 bits per heavy atom. The lowest BCUT2D eigenvalue weighted by molar-refractivity contribution is -0.0878. The number of piperidine rings is 1. The average Bonchev–Trinajstić information content (AvgIpc) is 3.22. The summed E-state index contributed by atoms with van der Waals surface area (Å²) in [6.45, 7) is 6.90. The number of hydrogen-bond donors (Lipinski definition) is 1. The summed E-state index contributed by atoms with van der Waals surface area (Å²) in [5.41, 5.74) is 2.44. The largest absolute Gasteiger partial charge is 0.383 e. The molecule has 3 heterocycles. The van der Waals surface area contributed by atoms with Gasteiger partial charge in [0.15, 0.2) is 0 Å². The van der Waals surface area contributed by atoms with Gasteiger partial charge in [0.25, 0.3) is 5.91 Å². The number of nitrogens with zero attached hydrogens (tertiary/aromatic N) is 3. The second kappa shape index (κ2) is 7.64. The third-order valence-electron chi connectivity index (χ3n) is 6.18. The fourth-order valence-corrected chi connectivity index (χ4v) is 4.78. The van der Waals surface area contributed by atoms with E-state index in [0.717, 1.165) is 42.9 Å². The topological polar surface area (TPSA) is 56.7 Å². The summed E-state index contributed by atoms with van der Waals surface area (Å²) in [5, 5.41) is 11.7. The van der Waals surface area contributed by atoms with E-state index in [4.69, 9.17) is 0 Å². The standard InChI is InChI=1S/C23H29N3O2/c1-17-14-19(15-18(2)24-17)22(27)26-13-10-23(28,20-8-4-3-5-9-20)21(16-26)25-11-6-7-12-25/h3-5,8-9,14-15,21,28H,6-7,10-13,16H2,1-2H3/t21-,23+/m1/s1. The molecule has 1 N–H and O–H groups in total. The second-order valence-corrected chi connectivity index (χ2v) is 8.19. The first-order chi connectivity index (χ1) is 13.5. The number of carbonyl (C=O) groups is 1. The molecule has 148 valence electrons. The molecule has 2 aliphatic heterocycles. The maximum absolute atomic E-state index is 13.2. The smallest absolute Gasteiger partial charge is 0.254 e. The summed E-state index contributed by atoms with van der Waals surface area (Å²) in [6.07, 6.45) is 2.85. The van der Waals surface area contributed by atoms with Gasteiger partial charge in [-0.25, -0.2) is 0 Å². The van der Waals surface area contributed by atoms with Crippen molar-refractivity contribution in [2.45, 2.75) is 44.8 Å². The van der Waals surface area contributed by atoms with Gasteiger partial charge in [0.05, 0.1) is 6.04 Å². The molecule has 2 atom stereocenters. The number of carbonyl (C=O) groups excluding carboxylic acids is 1. The molecule has 5 heteroatoms. The lowest BCUT2D eigenvalue weighted by Gasteiger charge is -2.48. The van der Waals surface area contributed by atoms with E-state index in [2.05, 4.69) is 9.88 Å². The molecular weight excluding hydrogens is 350 g/mol. The fourth-order valence-electron chi connectivity index (χ4n) is 4.78. The molecule has 0 saturated carbocycles. The van der Waals surface area contributed by atoms with Gasteiger partial charge in [-0.2, -0.15) is 0 Å². The number of hydrogen-bond acceptors (Lipinski definition) is 4. The Morgan fingerprint density at radius 1 is 1.07 bits per heavy atom. The van der Waals surface area contributed by atoms with Crippen LogP contribution < -0.4 is 0 Å². The number of amides is 1. The summed E-state index contributed by atoms with van der Waals surface area (Å²) in [4.78, 5) is 21.9. The Morgan fingerprint density at radius 3 is 2.36 bits per heavy atom. The molecule has 1 amide bonds. The number of likely N-dealkylation sites (tertiary alicyclic amines) is 2. The molecule has 0 spiro atoms. The fraction of sp³-hybridized carbons (Fsp3) is 0.478. The van der Waals surface area contributed by atoms with Gasteiger partial charge in [0.1, 0.15) is 5.60 Å². The summed E-state index contributed by atoms with van der Waals surface area (Å²) >= 11 is 0. The van der Waals surface area contributed by atoms with Gasteiger partial charge in [0, 0.05) is 30.0 Å². The van der Waals surface area contributed by atoms with Crippen LogP contribution in [0.25, 0.3) is 0 Å². The Bertz CT molecular complexity index is 828. The number of aromatic nitrogens is 1. The summed E-state index contributed by atoms with van der Waals surface area (Å²) in [6, 6.07) is 13.6. The zero-order valence-corrected chi connectivity index (χ0v) is 16.8. The van der Waals surface area contributed by atoms with Gasteiger partial charge in [-0.3, -0.25) is 14.7 Å². The Hall–Kier alpha value is -2.24. The molecule has 2 saturated heterocycles. The molecule has 4 rings (SSSR count). The van der Waals surface area contributed by atoms with Crippen molar-refractivity contribution in [2.24, 2.45) is 0 Å². The van der Waals surface area contributed by atoms with Crippen molar-refractivity contribution < 1.29 is 9.90 Å². The van der Waals surface area contributed by atoms with E-state index in [1.54, 1.807) is 0 Å². The number of aryl methyl sites for hydroxylation is 2. The molecule has 0 aliphatic carbocycles. The molecule has 0 bridgehead atoms. The minimum Gasteiger partial charge on any atom is -0.383 e. The quantitative estimate of drug-likeness (QED) is 0.891. The van der Waals surface area contributed by atoms with Gasteiger partial charge in [0.2, 0.25) is 0 Å². The van der Waals surface area contributed by atoms with Crippen molar-refractivity contribution >= 4 is 5.91 Å². The van der Waals surface area contributed by atoms with Gasteiger partial charge < -0.3 is 10.0 Å². The van der Waals surface area contributed by atoms with E-state index in [-0.39, 0.29) is 11.9 Å². The lowest BCUT2D eigenvalue weighted by atomic mass is 9.79. The van der Waals surface area contributed by atoms with Crippen LogP contribution in [-0.2, 0) is 5.60 Å². The Balaban J connectivity index is 1.63. The maximum atomic E-state index is 13.2. The predicted octanol–water partition coefficient (Wildman–Crippen LogP) is 2.90. The van der Waals surface area contributed by atoms with Crippen molar-refractivity contribution in [1.82, 2.24) is 14.8 Å². The first-order valence-electron chi connectivity index (χ1n) is 10.2. The highest BCUT2D eigenvalue weighted by Crippen LogP contribution is 2.37. The van der Waals surface area contributed by atoms with Crippen LogP contribution in [-0.4, -0.2) is 58.0 Å². The molecule has 2 aliphatic rings. The minimum absolute atomic E-state index is 0.0351. The first kappa shape index (κ1) is 19.1. The Labute approximate surface area is 167 Å². The van der Waals surface area contributed by atoms with Crippen molar-refractivity contribution in [3.63, 3.8) is 0 Å². The number of rotatable bonds is 3. The number of aliphatic hydroxyl groups is 1. The van der Waals surface area contributed by atoms with Crippen LogP contribution >= 0.6 is 0 Å². The van der Waals surface area contributed by atoms with Crippen LogP contribution in [0.4, 0.5) is 0 Å². The van der Waals surface area contributed by atoms with Crippen LogP contribution in [0.2, 0.25) is 0 Å². The third kappa shape index (κ3) is 3.56. The van der Waals surface area contributed by atoms with Crippen LogP contribution in [0.3, 0.4) is 0 Å². The highest BCUT2D eigenvalue weighted by Gasteiger charge is 2.47. The number of benzene rings is 1. The minimum atomic E-state index is -0.924. The van der Waals surface area contributed by atoms with Gasteiger partial charge in [-0.05, 0) is 63.9 Å². The van der Waals surface area contributed by atoms with E-state index in [1.807, 2.05) is 61.2 Å². The van der Waals surface area contributed by atoms with E-state index in [9.17, 15) is 9.90 Å². The van der Waals surface area contributed by atoms with Gasteiger partial charge >= 0.3 is 0 Å². The van der Waals surface area contributed by atoms with Crippen molar-refractivity contribution in [3.8, 4) is 0 Å². The van der Waals surface area contributed by atoms with Crippen molar-refractivity contribution in [3.05, 3.63) is 65.0 Å². The summed E-state index contributed by atoms with van der Waals surface area (Å²) in [7, 11) is 0. The Kier molecular flexibility index (Phi) is 5.21.